The van der Waals surface area contributed by atoms with Crippen molar-refractivity contribution in [1.29, 1.82) is 0 Å². The van der Waals surface area contributed by atoms with Crippen LogP contribution in [0.5, 0.6) is 0 Å². The predicted molar refractivity (Wildman–Crippen MR) is 104 cm³/mol. The number of carbonyl (C=O) groups excluding carboxylic acids is 3. The molecule has 1 atom stereocenters. The van der Waals surface area contributed by atoms with Crippen molar-refractivity contribution in [3.8, 4) is 0 Å². The lowest BCUT2D eigenvalue weighted by Gasteiger charge is -2.13. The number of esters is 1. The third kappa shape index (κ3) is 6.05. The van der Waals surface area contributed by atoms with E-state index < -0.39 is 23.9 Å². The van der Waals surface area contributed by atoms with Crippen LogP contribution >= 0.6 is 34.7 Å². The molecule has 2 aromatic rings. The smallest absolute Gasteiger partial charge is 0.307 e. The Balaban J connectivity index is 1.77. The minimum atomic E-state index is -0.981. The number of hydrogen-bond donors (Lipinski definition) is 2. The maximum atomic E-state index is 12.1. The molecule has 2 rings (SSSR count). The molecular weight excluding hydrogens is 396 g/mol. The number of halogens is 1. The van der Waals surface area contributed by atoms with E-state index in [-0.39, 0.29) is 12.0 Å². The van der Waals surface area contributed by atoms with Gasteiger partial charge in [0, 0.05) is 15.7 Å². The van der Waals surface area contributed by atoms with Gasteiger partial charge in [-0.3, -0.25) is 14.4 Å². The van der Waals surface area contributed by atoms with Crippen LogP contribution in [-0.2, 0) is 14.3 Å². The van der Waals surface area contributed by atoms with Gasteiger partial charge in [-0.05, 0) is 42.6 Å². The van der Waals surface area contributed by atoms with E-state index in [2.05, 4.69) is 5.32 Å². The molecule has 1 heterocycles. The van der Waals surface area contributed by atoms with Crippen molar-refractivity contribution in [2.24, 2.45) is 5.73 Å². The van der Waals surface area contributed by atoms with Gasteiger partial charge in [0.25, 0.3) is 11.8 Å². The van der Waals surface area contributed by atoms with E-state index in [9.17, 15) is 14.4 Å². The summed E-state index contributed by atoms with van der Waals surface area (Å²) in [6, 6.07) is 8.81. The van der Waals surface area contributed by atoms with Crippen molar-refractivity contribution in [2.45, 2.75) is 24.3 Å². The van der Waals surface area contributed by atoms with Crippen LogP contribution in [0.15, 0.2) is 40.6 Å². The normalized spacial score (nSPS) is 11.6. The van der Waals surface area contributed by atoms with Crippen LogP contribution in [0, 0.1) is 0 Å². The molecule has 1 aromatic heterocycles. The maximum Gasteiger partial charge on any atom is 0.307 e. The second kappa shape index (κ2) is 9.61. The second-order valence-electron chi connectivity index (χ2n) is 5.20. The first-order valence-electron chi connectivity index (χ1n) is 7.63. The SMILES string of the molecule is CC(OC(=O)CCSc1ccc(Cl)cc1)C(=O)Nc1sccc1C(N)=O. The molecule has 1 aromatic carbocycles. The molecule has 6 nitrogen and oxygen atoms in total. The van der Waals surface area contributed by atoms with Gasteiger partial charge in [-0.15, -0.1) is 23.1 Å². The van der Waals surface area contributed by atoms with Crippen LogP contribution in [-0.4, -0.2) is 29.6 Å². The Labute approximate surface area is 164 Å². The number of carbonyl (C=O) groups is 3. The number of hydrogen-bond acceptors (Lipinski definition) is 6. The van der Waals surface area contributed by atoms with E-state index in [4.69, 9.17) is 22.1 Å². The van der Waals surface area contributed by atoms with Crippen LogP contribution in [0.2, 0.25) is 5.02 Å². The summed E-state index contributed by atoms with van der Waals surface area (Å²) in [5, 5.41) is 5.18. The van der Waals surface area contributed by atoms with Crippen molar-refractivity contribution in [2.75, 3.05) is 11.1 Å². The number of nitrogens with two attached hydrogens (primary N) is 1. The number of primary amides is 1. The van der Waals surface area contributed by atoms with Crippen molar-refractivity contribution < 1.29 is 19.1 Å². The lowest BCUT2D eigenvalue weighted by molar-refractivity contribution is -0.152. The Morgan fingerprint density at radius 3 is 2.62 bits per heavy atom. The van der Waals surface area contributed by atoms with Crippen LogP contribution in [0.25, 0.3) is 0 Å². The fourth-order valence-electron chi connectivity index (χ4n) is 1.91. The minimum Gasteiger partial charge on any atom is -0.453 e. The van der Waals surface area contributed by atoms with Gasteiger partial charge in [0.1, 0.15) is 5.00 Å². The lowest BCUT2D eigenvalue weighted by Crippen LogP contribution is -2.30. The molecule has 26 heavy (non-hydrogen) atoms. The monoisotopic (exact) mass is 412 g/mol. The molecule has 2 amide bonds. The Bertz CT molecular complexity index is 792. The largest absolute Gasteiger partial charge is 0.453 e. The van der Waals surface area contributed by atoms with Gasteiger partial charge < -0.3 is 15.8 Å². The van der Waals surface area contributed by atoms with Crippen molar-refractivity contribution in [3.05, 3.63) is 46.3 Å². The molecule has 0 saturated heterocycles. The Hall–Kier alpha value is -2.03. The fraction of sp³-hybridized carbons (Fsp3) is 0.235. The van der Waals surface area contributed by atoms with Crippen LogP contribution in [0.4, 0.5) is 5.00 Å². The Kier molecular flexibility index (Phi) is 7.50. The molecule has 0 bridgehead atoms. The Morgan fingerprint density at radius 1 is 1.27 bits per heavy atom. The quantitative estimate of drug-likeness (QED) is 0.510. The molecule has 3 N–H and O–H groups in total. The molecule has 0 saturated carbocycles. The second-order valence-corrected chi connectivity index (χ2v) is 7.72. The summed E-state index contributed by atoms with van der Waals surface area (Å²) in [5.74, 6) is -1.11. The molecule has 138 valence electrons. The number of anilines is 1. The molecular formula is C17H17ClN2O4S2. The highest BCUT2D eigenvalue weighted by Gasteiger charge is 2.20. The van der Waals surface area contributed by atoms with Crippen LogP contribution in [0.1, 0.15) is 23.7 Å². The van der Waals surface area contributed by atoms with Gasteiger partial charge >= 0.3 is 5.97 Å². The van der Waals surface area contributed by atoms with E-state index >= 15 is 0 Å². The summed E-state index contributed by atoms with van der Waals surface area (Å²) >= 11 is 8.48. The number of rotatable bonds is 8. The number of benzene rings is 1. The predicted octanol–water partition coefficient (Wildman–Crippen LogP) is 3.55. The van der Waals surface area contributed by atoms with E-state index in [1.165, 1.54) is 36.1 Å². The zero-order valence-corrected chi connectivity index (χ0v) is 16.2. The highest BCUT2D eigenvalue weighted by molar-refractivity contribution is 7.99. The molecule has 0 spiro atoms. The van der Waals surface area contributed by atoms with Crippen molar-refractivity contribution in [1.82, 2.24) is 0 Å². The third-order valence-corrected chi connectivity index (χ3v) is 5.33. The first-order valence-corrected chi connectivity index (χ1v) is 9.87. The standard InChI is InChI=1S/C17H17ClN2O4S2/c1-10(16(23)20-17-13(15(19)22)6-8-26-17)24-14(21)7-9-25-12-4-2-11(18)3-5-12/h2-6,8,10H,7,9H2,1H3,(H2,19,22)(H,20,23). The summed E-state index contributed by atoms with van der Waals surface area (Å²) in [6.07, 6.45) is -0.818. The molecule has 0 radical (unpaired) electrons. The number of ether oxygens (including phenoxy) is 1. The van der Waals surface area contributed by atoms with Gasteiger partial charge in [0.15, 0.2) is 6.10 Å². The summed E-state index contributed by atoms with van der Waals surface area (Å²) in [4.78, 5) is 36.2. The van der Waals surface area contributed by atoms with E-state index in [0.717, 1.165) is 4.90 Å². The number of thiophene rings is 1. The molecule has 9 heteroatoms. The molecule has 0 aliphatic carbocycles. The first kappa shape index (κ1) is 20.3. The molecule has 0 fully saturated rings. The van der Waals surface area contributed by atoms with Gasteiger partial charge in [-0.2, -0.15) is 0 Å². The van der Waals surface area contributed by atoms with Gasteiger partial charge in [0.05, 0.1) is 12.0 Å². The zero-order chi connectivity index (χ0) is 19.1. The summed E-state index contributed by atoms with van der Waals surface area (Å²) in [5.41, 5.74) is 5.45. The zero-order valence-electron chi connectivity index (χ0n) is 13.9. The van der Waals surface area contributed by atoms with Crippen molar-refractivity contribution >= 4 is 57.5 Å². The van der Waals surface area contributed by atoms with Crippen LogP contribution < -0.4 is 11.1 Å². The van der Waals surface area contributed by atoms with E-state index in [0.29, 0.717) is 15.8 Å². The average molecular weight is 413 g/mol. The fourth-order valence-corrected chi connectivity index (χ4v) is 3.66. The molecule has 0 aliphatic rings. The first-order chi connectivity index (χ1) is 12.4. The topological polar surface area (TPSA) is 98.5 Å². The molecule has 1 unspecified atom stereocenters. The summed E-state index contributed by atoms with van der Waals surface area (Å²) < 4.78 is 5.12. The highest BCUT2D eigenvalue weighted by atomic mass is 35.5. The number of thioether (sulfide) groups is 1. The average Bonchev–Trinajstić information content (AvgIpc) is 3.05. The maximum absolute atomic E-state index is 12.1. The molecule has 0 aliphatic heterocycles. The van der Waals surface area contributed by atoms with Crippen molar-refractivity contribution in [3.63, 3.8) is 0 Å². The van der Waals surface area contributed by atoms with Gasteiger partial charge in [-0.25, -0.2) is 0 Å². The Morgan fingerprint density at radius 2 is 1.96 bits per heavy atom. The van der Waals surface area contributed by atoms with Gasteiger partial charge in [-0.1, -0.05) is 11.6 Å². The summed E-state index contributed by atoms with van der Waals surface area (Å²) in [7, 11) is 0. The van der Waals surface area contributed by atoms with E-state index in [1.807, 2.05) is 12.1 Å². The minimum absolute atomic E-state index is 0.163. The van der Waals surface area contributed by atoms with Crippen LogP contribution in [0.3, 0.4) is 0 Å². The summed E-state index contributed by atoms with van der Waals surface area (Å²) in [6.45, 7) is 1.47. The highest BCUT2D eigenvalue weighted by Crippen LogP contribution is 2.23. The van der Waals surface area contributed by atoms with E-state index in [1.54, 1.807) is 17.5 Å². The third-order valence-electron chi connectivity index (χ3n) is 3.23. The van der Waals surface area contributed by atoms with Gasteiger partial charge in [0.2, 0.25) is 0 Å². The number of amides is 2. The lowest BCUT2D eigenvalue weighted by atomic mass is 10.3. The number of nitrogens with one attached hydrogen (secondary N) is 1.